The van der Waals surface area contributed by atoms with E-state index in [9.17, 15) is 14.4 Å². The molecule has 2 fully saturated rings. The number of Topliss-reactive ketones (excluding diaryl/α,β-unsaturated/α-hetero) is 1. The van der Waals surface area contributed by atoms with Crippen molar-refractivity contribution in [2.45, 2.75) is 123 Å². The predicted molar refractivity (Wildman–Crippen MR) is 184 cm³/mol. The van der Waals surface area contributed by atoms with E-state index in [0.29, 0.717) is 36.7 Å². The Morgan fingerprint density at radius 1 is 0.933 bits per heavy atom. The highest BCUT2D eigenvalue weighted by atomic mass is 35.5. The SMILES string of the molecule is CCC(C)(C)c1ccc(OCCCC(=O)Nc2cccc(NC(=O)C(Cl)C(=O)C34CCC(CC3)C4(C)C)c2)c(C(C)(C)CC)c1. The summed E-state index contributed by atoms with van der Waals surface area (Å²) in [5.74, 6) is 0.557. The lowest BCUT2D eigenvalue weighted by Gasteiger charge is -2.37. The molecule has 7 heteroatoms. The minimum atomic E-state index is -1.25. The number of anilines is 2. The van der Waals surface area contributed by atoms with Crippen LogP contribution in [0.1, 0.15) is 118 Å². The van der Waals surface area contributed by atoms with Crippen LogP contribution in [0.3, 0.4) is 0 Å². The van der Waals surface area contributed by atoms with Gasteiger partial charge in [-0.25, -0.2) is 0 Å². The summed E-state index contributed by atoms with van der Waals surface area (Å²) in [7, 11) is 0. The molecule has 2 aliphatic carbocycles. The number of halogens is 1. The van der Waals surface area contributed by atoms with E-state index in [1.54, 1.807) is 24.3 Å². The molecule has 2 aromatic carbocycles. The maximum atomic E-state index is 13.5. The van der Waals surface area contributed by atoms with E-state index in [1.165, 1.54) is 11.1 Å². The topological polar surface area (TPSA) is 84.5 Å². The summed E-state index contributed by atoms with van der Waals surface area (Å²) in [6, 6.07) is 13.5. The van der Waals surface area contributed by atoms with Gasteiger partial charge in [-0.2, -0.15) is 0 Å². The third-order valence-electron chi connectivity index (χ3n) is 11.5. The fourth-order valence-electron chi connectivity index (χ4n) is 7.31. The Bertz CT molecular complexity index is 1400. The highest BCUT2D eigenvalue weighted by Gasteiger charge is 2.63. The number of ether oxygens (including phenoxy) is 1. The van der Waals surface area contributed by atoms with Gasteiger partial charge in [0.15, 0.2) is 11.2 Å². The van der Waals surface area contributed by atoms with Crippen LogP contribution in [0.15, 0.2) is 42.5 Å². The molecule has 2 bridgehead atoms. The lowest BCUT2D eigenvalue weighted by atomic mass is 9.66. The fraction of sp³-hybridized carbons (Fsp3) is 0.605. The van der Waals surface area contributed by atoms with Crippen molar-refractivity contribution in [2.24, 2.45) is 16.7 Å². The van der Waals surface area contributed by atoms with Crippen molar-refractivity contribution in [3.63, 3.8) is 0 Å². The average Bonchev–Trinajstić information content (AvgIpc) is 3.42. The Morgan fingerprint density at radius 2 is 1.56 bits per heavy atom. The van der Waals surface area contributed by atoms with Crippen molar-refractivity contribution >= 4 is 40.6 Å². The minimum Gasteiger partial charge on any atom is -0.493 e. The van der Waals surface area contributed by atoms with E-state index in [4.69, 9.17) is 16.3 Å². The van der Waals surface area contributed by atoms with Gasteiger partial charge in [0.05, 0.1) is 6.61 Å². The van der Waals surface area contributed by atoms with Crippen LogP contribution >= 0.6 is 11.6 Å². The maximum absolute atomic E-state index is 13.5. The molecule has 0 radical (unpaired) electrons. The van der Waals surface area contributed by atoms with Crippen molar-refractivity contribution < 1.29 is 19.1 Å². The first-order chi connectivity index (χ1) is 21.1. The summed E-state index contributed by atoms with van der Waals surface area (Å²) < 4.78 is 6.23. The molecular formula is C38H53ClN2O4. The van der Waals surface area contributed by atoms with Gasteiger partial charge < -0.3 is 15.4 Å². The number of alkyl halides is 1. The smallest absolute Gasteiger partial charge is 0.250 e. The Balaban J connectivity index is 1.30. The largest absolute Gasteiger partial charge is 0.493 e. The summed E-state index contributed by atoms with van der Waals surface area (Å²) in [6.45, 7) is 18.1. The van der Waals surface area contributed by atoms with Crippen molar-refractivity contribution in [1.29, 1.82) is 0 Å². The van der Waals surface area contributed by atoms with Crippen molar-refractivity contribution in [3.05, 3.63) is 53.6 Å². The van der Waals surface area contributed by atoms with Gasteiger partial charge in [-0.3, -0.25) is 14.4 Å². The van der Waals surface area contributed by atoms with Crippen LogP contribution in [0.5, 0.6) is 5.75 Å². The molecule has 0 spiro atoms. The quantitative estimate of drug-likeness (QED) is 0.123. The zero-order valence-electron chi connectivity index (χ0n) is 28.6. The molecule has 2 aliphatic rings. The number of carbonyl (C=O) groups is 3. The molecule has 6 nitrogen and oxygen atoms in total. The second-order valence-electron chi connectivity index (χ2n) is 15.1. The van der Waals surface area contributed by atoms with E-state index >= 15 is 0 Å². The van der Waals surface area contributed by atoms with Crippen molar-refractivity contribution in [1.82, 2.24) is 0 Å². The van der Waals surface area contributed by atoms with Crippen molar-refractivity contribution in [2.75, 3.05) is 17.2 Å². The second-order valence-corrected chi connectivity index (χ2v) is 15.5. The van der Waals surface area contributed by atoms with E-state index < -0.39 is 16.7 Å². The highest BCUT2D eigenvalue weighted by molar-refractivity contribution is 6.44. The summed E-state index contributed by atoms with van der Waals surface area (Å²) >= 11 is 6.50. The molecule has 2 amide bonds. The number of ketones is 1. The average molecular weight is 637 g/mol. The first-order valence-corrected chi connectivity index (χ1v) is 17.2. The Hall–Kier alpha value is -2.86. The second kappa shape index (κ2) is 13.5. The van der Waals surface area contributed by atoms with Gasteiger partial charge in [0.1, 0.15) is 5.75 Å². The molecule has 2 saturated carbocycles. The Kier molecular flexibility index (Phi) is 10.5. The van der Waals surface area contributed by atoms with Gasteiger partial charge in [-0.15, -0.1) is 11.6 Å². The summed E-state index contributed by atoms with van der Waals surface area (Å²) in [5, 5.41) is 4.45. The lowest BCUT2D eigenvalue weighted by molar-refractivity contribution is -0.135. The van der Waals surface area contributed by atoms with E-state index in [2.05, 4.69) is 84.2 Å². The number of carbonyl (C=O) groups excluding carboxylic acids is 3. The number of hydrogen-bond acceptors (Lipinski definition) is 4. The monoisotopic (exact) mass is 636 g/mol. The molecule has 0 aliphatic heterocycles. The van der Waals surface area contributed by atoms with Crippen LogP contribution in [-0.2, 0) is 25.2 Å². The number of hydrogen-bond donors (Lipinski definition) is 2. The molecule has 246 valence electrons. The highest BCUT2D eigenvalue weighted by Crippen LogP contribution is 2.66. The van der Waals surface area contributed by atoms with Crippen LogP contribution in [0.25, 0.3) is 0 Å². The Labute approximate surface area is 275 Å². The van der Waals surface area contributed by atoms with Gasteiger partial charge in [0, 0.05) is 28.8 Å². The molecule has 45 heavy (non-hydrogen) atoms. The molecule has 0 heterocycles. The summed E-state index contributed by atoms with van der Waals surface area (Å²) in [4.78, 5) is 39.3. The van der Waals surface area contributed by atoms with Gasteiger partial charge in [-0.05, 0) is 96.9 Å². The summed E-state index contributed by atoms with van der Waals surface area (Å²) in [6.07, 6.45) is 6.52. The number of nitrogens with one attached hydrogen (secondary N) is 2. The first-order valence-electron chi connectivity index (χ1n) is 16.7. The molecule has 1 atom stereocenters. The van der Waals surface area contributed by atoms with Crippen LogP contribution < -0.4 is 15.4 Å². The number of benzene rings is 2. The van der Waals surface area contributed by atoms with Gasteiger partial charge in [-0.1, -0.05) is 73.6 Å². The molecule has 1 unspecified atom stereocenters. The van der Waals surface area contributed by atoms with Crippen LogP contribution in [-0.4, -0.2) is 29.6 Å². The maximum Gasteiger partial charge on any atom is 0.250 e. The third kappa shape index (κ3) is 7.11. The lowest BCUT2D eigenvalue weighted by Crippen LogP contribution is -2.46. The molecule has 4 rings (SSSR count). The van der Waals surface area contributed by atoms with Gasteiger partial charge in [0.25, 0.3) is 0 Å². The van der Waals surface area contributed by atoms with E-state index in [0.717, 1.165) is 44.3 Å². The summed E-state index contributed by atoms with van der Waals surface area (Å²) in [5.41, 5.74) is 2.94. The van der Waals surface area contributed by atoms with E-state index in [-0.39, 0.29) is 27.9 Å². The zero-order valence-corrected chi connectivity index (χ0v) is 29.3. The van der Waals surface area contributed by atoms with Crippen LogP contribution in [0.4, 0.5) is 11.4 Å². The van der Waals surface area contributed by atoms with Crippen LogP contribution in [0.2, 0.25) is 0 Å². The molecule has 0 saturated heterocycles. The molecular weight excluding hydrogens is 584 g/mol. The fourth-order valence-corrected chi connectivity index (χ4v) is 7.58. The number of rotatable bonds is 14. The zero-order chi connectivity index (χ0) is 33.2. The molecule has 2 aromatic rings. The minimum absolute atomic E-state index is 0.0316. The van der Waals surface area contributed by atoms with Crippen molar-refractivity contribution in [3.8, 4) is 5.75 Å². The standard InChI is InChI=1S/C38H53ClN2O4/c1-9-35(3,4)26-16-17-30(29(23-26)36(5,6)10-2)45-22-12-15-31(42)40-27-13-11-14-28(24-27)41-34(44)32(39)33(43)38-20-18-25(19-21-38)37(38,7)8/h11,13-14,16-17,23-25,32H,9-10,12,15,18-22H2,1-8H3,(H,40,42)(H,41,44). The third-order valence-corrected chi connectivity index (χ3v) is 11.9. The number of amides is 2. The number of fused-ring (bicyclic) bond motifs is 2. The predicted octanol–water partition coefficient (Wildman–Crippen LogP) is 9.19. The van der Waals surface area contributed by atoms with Gasteiger partial charge >= 0.3 is 0 Å². The van der Waals surface area contributed by atoms with Gasteiger partial charge in [0.2, 0.25) is 11.8 Å². The first kappa shape index (κ1) is 35.0. The normalized spacial score (nSPS) is 21.3. The Morgan fingerprint density at radius 3 is 2.13 bits per heavy atom. The van der Waals surface area contributed by atoms with Crippen LogP contribution in [0, 0.1) is 16.7 Å². The molecule has 0 aromatic heterocycles. The molecule has 2 N–H and O–H groups in total. The van der Waals surface area contributed by atoms with E-state index in [1.807, 2.05) is 0 Å².